The molecule has 0 spiro atoms. The van der Waals surface area contributed by atoms with E-state index in [0.29, 0.717) is 11.8 Å². The van der Waals surface area contributed by atoms with Crippen LogP contribution in [0.25, 0.3) is 0 Å². The van der Waals surface area contributed by atoms with Gasteiger partial charge in [0.2, 0.25) is 0 Å². The van der Waals surface area contributed by atoms with E-state index in [-0.39, 0.29) is 0 Å². The molecule has 1 aliphatic heterocycles. The number of aliphatic hydroxyl groups excluding tert-OH is 1. The van der Waals surface area contributed by atoms with Crippen LogP contribution in [0.5, 0.6) is 0 Å². The number of aliphatic hydroxyl groups is 1. The summed E-state index contributed by atoms with van der Waals surface area (Å²) in [5.74, 6) is 0. The zero-order valence-corrected chi connectivity index (χ0v) is 12.0. The molecular formula is C14H22ClN3O. The van der Waals surface area contributed by atoms with Crippen LogP contribution in [0.1, 0.15) is 18.4 Å². The maximum absolute atomic E-state index is 8.78. The predicted molar refractivity (Wildman–Crippen MR) is 77.3 cm³/mol. The molecule has 19 heavy (non-hydrogen) atoms. The Balaban J connectivity index is 1.69. The molecule has 0 aliphatic carbocycles. The van der Waals surface area contributed by atoms with Crippen LogP contribution in [0.15, 0.2) is 18.3 Å². The number of piperazine rings is 1. The Bertz CT molecular complexity index is 363. The van der Waals surface area contributed by atoms with E-state index >= 15 is 0 Å². The quantitative estimate of drug-likeness (QED) is 0.636. The van der Waals surface area contributed by atoms with E-state index in [4.69, 9.17) is 16.7 Å². The molecule has 2 heterocycles. The van der Waals surface area contributed by atoms with Gasteiger partial charge in [-0.2, -0.15) is 0 Å². The van der Waals surface area contributed by atoms with Gasteiger partial charge in [0.05, 0.1) is 0 Å². The molecule has 1 N–H and O–H groups in total. The van der Waals surface area contributed by atoms with Gasteiger partial charge in [-0.3, -0.25) is 4.90 Å². The van der Waals surface area contributed by atoms with Gasteiger partial charge in [0.25, 0.3) is 0 Å². The summed E-state index contributed by atoms with van der Waals surface area (Å²) in [6.07, 6.45) is 3.87. The average molecular weight is 284 g/mol. The minimum atomic E-state index is 0.309. The fraction of sp³-hybridized carbons (Fsp3) is 0.643. The Morgan fingerprint density at radius 1 is 1.11 bits per heavy atom. The van der Waals surface area contributed by atoms with Gasteiger partial charge in [0, 0.05) is 45.5 Å². The van der Waals surface area contributed by atoms with Crippen molar-refractivity contribution in [2.75, 3.05) is 39.3 Å². The predicted octanol–water partition coefficient (Wildman–Crippen LogP) is 1.63. The average Bonchev–Trinajstić information content (AvgIpc) is 2.44. The summed E-state index contributed by atoms with van der Waals surface area (Å²) in [6, 6.07) is 3.89. The molecule has 1 aromatic heterocycles. The van der Waals surface area contributed by atoms with Gasteiger partial charge in [-0.1, -0.05) is 17.7 Å². The van der Waals surface area contributed by atoms with E-state index in [1.165, 1.54) is 5.56 Å². The fourth-order valence-corrected chi connectivity index (χ4v) is 2.49. The lowest BCUT2D eigenvalue weighted by atomic mass is 10.2. The van der Waals surface area contributed by atoms with Crippen LogP contribution in [-0.2, 0) is 6.54 Å². The molecule has 2 rings (SSSR count). The summed E-state index contributed by atoms with van der Waals surface area (Å²) >= 11 is 5.78. The van der Waals surface area contributed by atoms with Crippen molar-refractivity contribution in [2.45, 2.75) is 19.4 Å². The molecular weight excluding hydrogens is 262 g/mol. The Hall–Kier alpha value is -0.680. The Morgan fingerprint density at radius 2 is 1.84 bits per heavy atom. The topological polar surface area (TPSA) is 39.6 Å². The number of aromatic nitrogens is 1. The molecule has 1 aliphatic rings. The molecule has 0 bridgehead atoms. The first-order valence-electron chi connectivity index (χ1n) is 6.94. The number of unbranched alkanes of at least 4 members (excludes halogenated alkanes) is 1. The third kappa shape index (κ3) is 5.07. The lowest BCUT2D eigenvalue weighted by Gasteiger charge is -2.34. The van der Waals surface area contributed by atoms with Crippen molar-refractivity contribution in [2.24, 2.45) is 0 Å². The highest BCUT2D eigenvalue weighted by atomic mass is 35.5. The minimum Gasteiger partial charge on any atom is -0.396 e. The van der Waals surface area contributed by atoms with E-state index in [9.17, 15) is 0 Å². The molecule has 5 heteroatoms. The SMILES string of the molecule is OCCCCN1CCN(Cc2ccc(Cl)nc2)CC1. The first kappa shape index (κ1) is 14.7. The van der Waals surface area contributed by atoms with Crippen molar-refractivity contribution in [1.29, 1.82) is 0 Å². The van der Waals surface area contributed by atoms with Crippen molar-refractivity contribution < 1.29 is 5.11 Å². The van der Waals surface area contributed by atoms with Gasteiger partial charge in [0.15, 0.2) is 0 Å². The third-order valence-electron chi connectivity index (χ3n) is 3.54. The first-order chi connectivity index (χ1) is 9.28. The summed E-state index contributed by atoms with van der Waals surface area (Å²) in [5, 5.41) is 9.33. The van der Waals surface area contributed by atoms with Crippen LogP contribution in [-0.4, -0.2) is 59.2 Å². The summed E-state index contributed by atoms with van der Waals surface area (Å²) in [6.45, 7) is 6.80. The summed E-state index contributed by atoms with van der Waals surface area (Å²) in [4.78, 5) is 9.04. The number of pyridine rings is 1. The normalized spacial score (nSPS) is 17.8. The van der Waals surface area contributed by atoms with Gasteiger partial charge in [0.1, 0.15) is 5.15 Å². The van der Waals surface area contributed by atoms with Crippen molar-refractivity contribution in [3.63, 3.8) is 0 Å². The molecule has 0 atom stereocenters. The second-order valence-corrected chi connectivity index (χ2v) is 5.42. The standard InChI is InChI=1S/C14H22ClN3O/c15-14-4-3-13(11-16-14)12-18-8-6-17(7-9-18)5-1-2-10-19/h3-4,11,19H,1-2,5-10,12H2. The summed E-state index contributed by atoms with van der Waals surface area (Å²) in [7, 11) is 0. The molecule has 106 valence electrons. The number of rotatable bonds is 6. The highest BCUT2D eigenvalue weighted by Crippen LogP contribution is 2.10. The van der Waals surface area contributed by atoms with Crippen LogP contribution < -0.4 is 0 Å². The smallest absolute Gasteiger partial charge is 0.129 e. The minimum absolute atomic E-state index is 0.309. The van der Waals surface area contributed by atoms with Crippen LogP contribution in [0, 0.1) is 0 Å². The van der Waals surface area contributed by atoms with Crippen molar-refractivity contribution in [3.8, 4) is 0 Å². The van der Waals surface area contributed by atoms with Crippen LogP contribution in [0.2, 0.25) is 5.15 Å². The second kappa shape index (κ2) is 7.80. The molecule has 0 aromatic carbocycles. The molecule has 0 unspecified atom stereocenters. The first-order valence-corrected chi connectivity index (χ1v) is 7.32. The number of hydrogen-bond acceptors (Lipinski definition) is 4. The molecule has 1 fully saturated rings. The highest BCUT2D eigenvalue weighted by Gasteiger charge is 2.16. The second-order valence-electron chi connectivity index (χ2n) is 5.04. The lowest BCUT2D eigenvalue weighted by molar-refractivity contribution is 0.123. The van der Waals surface area contributed by atoms with E-state index < -0.39 is 0 Å². The maximum atomic E-state index is 8.78. The lowest BCUT2D eigenvalue weighted by Crippen LogP contribution is -2.46. The van der Waals surface area contributed by atoms with Crippen molar-refractivity contribution >= 4 is 11.6 Å². The molecule has 0 amide bonds. The van der Waals surface area contributed by atoms with Gasteiger partial charge < -0.3 is 10.0 Å². The monoisotopic (exact) mass is 283 g/mol. The van der Waals surface area contributed by atoms with Gasteiger partial charge >= 0.3 is 0 Å². The van der Waals surface area contributed by atoms with Gasteiger partial charge in [-0.25, -0.2) is 4.98 Å². The zero-order valence-electron chi connectivity index (χ0n) is 11.3. The number of nitrogens with zero attached hydrogens (tertiary/aromatic N) is 3. The van der Waals surface area contributed by atoms with Gasteiger partial charge in [-0.15, -0.1) is 0 Å². The number of hydrogen-bond donors (Lipinski definition) is 1. The van der Waals surface area contributed by atoms with E-state index in [2.05, 4.69) is 14.8 Å². The maximum Gasteiger partial charge on any atom is 0.129 e. The molecule has 0 saturated carbocycles. The summed E-state index contributed by atoms with van der Waals surface area (Å²) in [5.41, 5.74) is 1.22. The molecule has 0 radical (unpaired) electrons. The Kier molecular flexibility index (Phi) is 6.04. The van der Waals surface area contributed by atoms with Crippen molar-refractivity contribution in [3.05, 3.63) is 29.0 Å². The highest BCUT2D eigenvalue weighted by molar-refractivity contribution is 6.29. The van der Waals surface area contributed by atoms with Crippen LogP contribution >= 0.6 is 11.6 Å². The third-order valence-corrected chi connectivity index (χ3v) is 3.77. The Labute approximate surface area is 120 Å². The van der Waals surface area contributed by atoms with E-state index in [1.807, 2.05) is 18.3 Å². The zero-order chi connectivity index (χ0) is 13.5. The van der Waals surface area contributed by atoms with Crippen LogP contribution in [0.4, 0.5) is 0 Å². The number of halogens is 1. The van der Waals surface area contributed by atoms with Crippen LogP contribution in [0.3, 0.4) is 0 Å². The van der Waals surface area contributed by atoms with E-state index in [1.54, 1.807) is 0 Å². The Morgan fingerprint density at radius 3 is 2.47 bits per heavy atom. The molecule has 4 nitrogen and oxygen atoms in total. The fourth-order valence-electron chi connectivity index (χ4n) is 2.38. The molecule has 1 saturated heterocycles. The largest absolute Gasteiger partial charge is 0.396 e. The van der Waals surface area contributed by atoms with Crippen molar-refractivity contribution in [1.82, 2.24) is 14.8 Å². The van der Waals surface area contributed by atoms with Gasteiger partial charge in [-0.05, 0) is 31.0 Å². The summed E-state index contributed by atoms with van der Waals surface area (Å²) < 4.78 is 0. The van der Waals surface area contributed by atoms with E-state index in [0.717, 1.165) is 52.1 Å². The molecule has 1 aromatic rings.